The maximum atomic E-state index is 5.93. The first kappa shape index (κ1) is 11.8. The summed E-state index contributed by atoms with van der Waals surface area (Å²) in [6, 6.07) is 13.8. The van der Waals surface area contributed by atoms with E-state index in [-0.39, 0.29) is 0 Å². The summed E-state index contributed by atoms with van der Waals surface area (Å²) in [5.41, 5.74) is 9.95. The second-order valence-electron chi connectivity index (χ2n) is 4.07. The minimum absolute atomic E-state index is 0.716. The van der Waals surface area contributed by atoms with Crippen LogP contribution in [0.1, 0.15) is 11.1 Å². The van der Waals surface area contributed by atoms with Crippen LogP contribution >= 0.6 is 11.6 Å². The molecule has 0 aliphatic heterocycles. The lowest BCUT2D eigenvalue weighted by molar-refractivity contribution is 1.15. The van der Waals surface area contributed by atoms with Crippen molar-refractivity contribution in [2.45, 2.75) is 13.5 Å². The minimum Gasteiger partial charge on any atom is -0.397 e. The first-order valence-corrected chi connectivity index (χ1v) is 5.87. The van der Waals surface area contributed by atoms with Gasteiger partial charge >= 0.3 is 0 Å². The molecular weight excluding hydrogens is 232 g/mol. The molecule has 2 nitrogen and oxygen atoms in total. The van der Waals surface area contributed by atoms with Crippen molar-refractivity contribution >= 4 is 23.0 Å². The summed E-state index contributed by atoms with van der Waals surface area (Å²) in [7, 11) is 0. The third-order valence-electron chi connectivity index (χ3n) is 2.58. The molecule has 3 heteroatoms. The number of halogens is 1. The summed E-state index contributed by atoms with van der Waals surface area (Å²) in [5, 5.41) is 4.05. The molecule has 0 aromatic heterocycles. The number of anilines is 2. The van der Waals surface area contributed by atoms with Gasteiger partial charge in [0.2, 0.25) is 0 Å². The van der Waals surface area contributed by atoms with E-state index in [1.165, 1.54) is 0 Å². The molecule has 2 aromatic rings. The molecule has 0 aliphatic carbocycles. The van der Waals surface area contributed by atoms with E-state index < -0.39 is 0 Å². The Balaban J connectivity index is 2.07. The van der Waals surface area contributed by atoms with Crippen molar-refractivity contribution in [2.75, 3.05) is 11.1 Å². The average molecular weight is 247 g/mol. The van der Waals surface area contributed by atoms with Crippen molar-refractivity contribution in [1.82, 2.24) is 0 Å². The number of nitrogens with one attached hydrogen (secondary N) is 1. The van der Waals surface area contributed by atoms with E-state index in [9.17, 15) is 0 Å². The maximum absolute atomic E-state index is 5.93. The molecule has 88 valence electrons. The Morgan fingerprint density at radius 1 is 1.18 bits per heavy atom. The van der Waals surface area contributed by atoms with Gasteiger partial charge < -0.3 is 11.1 Å². The van der Waals surface area contributed by atoms with Crippen LogP contribution in [-0.4, -0.2) is 0 Å². The predicted molar refractivity (Wildman–Crippen MR) is 74.4 cm³/mol. The zero-order valence-corrected chi connectivity index (χ0v) is 10.5. The van der Waals surface area contributed by atoms with Crippen LogP contribution in [0.3, 0.4) is 0 Å². The monoisotopic (exact) mass is 246 g/mol. The van der Waals surface area contributed by atoms with Crippen LogP contribution in [0.5, 0.6) is 0 Å². The molecule has 2 rings (SSSR count). The standard InChI is InChI=1S/C14H15ClN2/c1-10-5-6-14(13(16)7-10)17-9-11-3-2-4-12(15)8-11/h2-8,17H,9,16H2,1H3. The van der Waals surface area contributed by atoms with Crippen molar-refractivity contribution in [1.29, 1.82) is 0 Å². The SMILES string of the molecule is Cc1ccc(NCc2cccc(Cl)c2)c(N)c1. The van der Waals surface area contributed by atoms with Gasteiger partial charge in [-0.2, -0.15) is 0 Å². The molecule has 17 heavy (non-hydrogen) atoms. The first-order chi connectivity index (χ1) is 8.15. The third-order valence-corrected chi connectivity index (χ3v) is 2.81. The number of nitrogen functional groups attached to an aromatic ring is 1. The van der Waals surface area contributed by atoms with E-state index >= 15 is 0 Å². The Kier molecular flexibility index (Phi) is 3.55. The number of hydrogen-bond donors (Lipinski definition) is 2. The zero-order valence-electron chi connectivity index (χ0n) is 9.70. The van der Waals surface area contributed by atoms with Crippen LogP contribution in [0.2, 0.25) is 5.02 Å². The van der Waals surface area contributed by atoms with E-state index in [1.54, 1.807) is 0 Å². The summed E-state index contributed by atoms with van der Waals surface area (Å²) in [6.07, 6.45) is 0. The summed E-state index contributed by atoms with van der Waals surface area (Å²) in [6.45, 7) is 2.74. The molecule has 0 spiro atoms. The van der Waals surface area contributed by atoms with Crippen molar-refractivity contribution in [2.24, 2.45) is 0 Å². The second-order valence-corrected chi connectivity index (χ2v) is 4.51. The highest BCUT2D eigenvalue weighted by Gasteiger charge is 1.99. The van der Waals surface area contributed by atoms with Crippen LogP contribution in [-0.2, 0) is 6.54 Å². The highest BCUT2D eigenvalue weighted by Crippen LogP contribution is 2.20. The van der Waals surface area contributed by atoms with Gasteiger partial charge in [0.15, 0.2) is 0 Å². The Morgan fingerprint density at radius 3 is 2.71 bits per heavy atom. The smallest absolute Gasteiger partial charge is 0.0576 e. The van der Waals surface area contributed by atoms with E-state index in [2.05, 4.69) is 5.32 Å². The number of rotatable bonds is 3. The van der Waals surface area contributed by atoms with Crippen LogP contribution in [0.25, 0.3) is 0 Å². The molecular formula is C14H15ClN2. The van der Waals surface area contributed by atoms with Gasteiger partial charge in [0.1, 0.15) is 0 Å². The number of benzene rings is 2. The number of aryl methyl sites for hydroxylation is 1. The van der Waals surface area contributed by atoms with E-state index in [1.807, 2.05) is 49.4 Å². The molecule has 0 bridgehead atoms. The average Bonchev–Trinajstić information content (AvgIpc) is 2.28. The fraction of sp³-hybridized carbons (Fsp3) is 0.143. The molecule has 0 radical (unpaired) electrons. The van der Waals surface area contributed by atoms with Gasteiger partial charge in [-0.3, -0.25) is 0 Å². The highest BCUT2D eigenvalue weighted by molar-refractivity contribution is 6.30. The molecule has 3 N–H and O–H groups in total. The molecule has 0 saturated heterocycles. The summed E-state index contributed by atoms with van der Waals surface area (Å²) < 4.78 is 0. The maximum Gasteiger partial charge on any atom is 0.0576 e. The van der Waals surface area contributed by atoms with Gasteiger partial charge in [0.05, 0.1) is 11.4 Å². The Bertz CT molecular complexity index is 523. The van der Waals surface area contributed by atoms with E-state index in [0.29, 0.717) is 6.54 Å². The predicted octanol–water partition coefficient (Wildman–Crippen LogP) is 3.84. The second kappa shape index (κ2) is 5.11. The summed E-state index contributed by atoms with van der Waals surface area (Å²) in [4.78, 5) is 0. The Labute approximate surface area is 106 Å². The van der Waals surface area contributed by atoms with Crippen LogP contribution < -0.4 is 11.1 Å². The van der Waals surface area contributed by atoms with Crippen molar-refractivity contribution < 1.29 is 0 Å². The number of hydrogen-bond acceptors (Lipinski definition) is 2. The van der Waals surface area contributed by atoms with E-state index in [0.717, 1.165) is 27.5 Å². The lowest BCUT2D eigenvalue weighted by atomic mass is 10.2. The largest absolute Gasteiger partial charge is 0.397 e. The Morgan fingerprint density at radius 2 is 2.00 bits per heavy atom. The van der Waals surface area contributed by atoms with Gasteiger partial charge in [-0.15, -0.1) is 0 Å². The first-order valence-electron chi connectivity index (χ1n) is 5.49. The molecule has 2 aromatic carbocycles. The summed E-state index contributed by atoms with van der Waals surface area (Å²) >= 11 is 5.93. The fourth-order valence-corrected chi connectivity index (χ4v) is 1.90. The van der Waals surface area contributed by atoms with Gasteiger partial charge in [0.25, 0.3) is 0 Å². The summed E-state index contributed by atoms with van der Waals surface area (Å²) in [5.74, 6) is 0. The minimum atomic E-state index is 0.716. The lowest BCUT2D eigenvalue weighted by Gasteiger charge is -2.10. The third kappa shape index (κ3) is 3.14. The topological polar surface area (TPSA) is 38.0 Å². The highest BCUT2D eigenvalue weighted by atomic mass is 35.5. The van der Waals surface area contributed by atoms with Crippen LogP contribution in [0.15, 0.2) is 42.5 Å². The van der Waals surface area contributed by atoms with Gasteiger partial charge in [0, 0.05) is 11.6 Å². The van der Waals surface area contributed by atoms with Crippen molar-refractivity contribution in [3.8, 4) is 0 Å². The molecule has 0 fully saturated rings. The zero-order chi connectivity index (χ0) is 12.3. The fourth-order valence-electron chi connectivity index (χ4n) is 1.69. The molecule has 0 heterocycles. The molecule has 0 amide bonds. The van der Waals surface area contributed by atoms with Gasteiger partial charge in [-0.05, 0) is 42.3 Å². The van der Waals surface area contributed by atoms with Crippen LogP contribution in [0, 0.1) is 6.92 Å². The van der Waals surface area contributed by atoms with Crippen LogP contribution in [0.4, 0.5) is 11.4 Å². The number of nitrogens with two attached hydrogens (primary N) is 1. The Hall–Kier alpha value is -1.67. The quantitative estimate of drug-likeness (QED) is 0.808. The molecule has 0 aliphatic rings. The molecule has 0 unspecified atom stereocenters. The van der Waals surface area contributed by atoms with Crippen molar-refractivity contribution in [3.05, 3.63) is 58.6 Å². The lowest BCUT2D eigenvalue weighted by Crippen LogP contribution is -2.02. The molecule has 0 atom stereocenters. The van der Waals surface area contributed by atoms with Crippen molar-refractivity contribution in [3.63, 3.8) is 0 Å². The van der Waals surface area contributed by atoms with E-state index in [4.69, 9.17) is 17.3 Å². The van der Waals surface area contributed by atoms with Gasteiger partial charge in [-0.1, -0.05) is 29.8 Å². The van der Waals surface area contributed by atoms with Gasteiger partial charge in [-0.25, -0.2) is 0 Å². The normalized spacial score (nSPS) is 10.2. The molecule has 0 saturated carbocycles.